The standard InChI is InChI=1S/C32H41N3O4.C2H6/c1-32(2,3)39-31(37)34-25-14-13-24(19-25)29(30(36)38-21-22-9-5-4-6-10-22)35-17-15-23(16-18-35)27-20-33-28-12-8-7-11-26(27)28;1-2/h4-12,20,23-25,29,33H,13-19,21H2,1-3H3,(H,34,37);1-2H3/t24-,25+,29-;/m1./s1. The summed E-state index contributed by atoms with van der Waals surface area (Å²) < 4.78 is 11.4. The van der Waals surface area contributed by atoms with Gasteiger partial charge in [-0.15, -0.1) is 0 Å². The van der Waals surface area contributed by atoms with Gasteiger partial charge in [0.25, 0.3) is 0 Å². The zero-order chi connectivity index (χ0) is 29.4. The zero-order valence-corrected chi connectivity index (χ0v) is 25.3. The number of hydrogen-bond acceptors (Lipinski definition) is 5. The van der Waals surface area contributed by atoms with Crippen molar-refractivity contribution in [1.29, 1.82) is 0 Å². The quantitative estimate of drug-likeness (QED) is 0.299. The molecule has 2 N–H and O–H groups in total. The number of nitrogens with zero attached hydrogens (tertiary/aromatic N) is 1. The van der Waals surface area contributed by atoms with E-state index in [9.17, 15) is 9.59 Å². The number of hydrogen-bond donors (Lipinski definition) is 2. The topological polar surface area (TPSA) is 83.7 Å². The third-order valence-corrected chi connectivity index (χ3v) is 8.09. The number of aromatic amines is 1. The molecule has 0 radical (unpaired) electrons. The van der Waals surface area contributed by atoms with Gasteiger partial charge in [-0.25, -0.2) is 4.79 Å². The van der Waals surface area contributed by atoms with Gasteiger partial charge in [0.05, 0.1) is 0 Å². The second-order valence-corrected chi connectivity index (χ2v) is 12.1. The molecule has 41 heavy (non-hydrogen) atoms. The van der Waals surface area contributed by atoms with Crippen molar-refractivity contribution in [2.24, 2.45) is 5.92 Å². The molecule has 1 saturated heterocycles. The number of carbonyl (C=O) groups is 2. The molecule has 1 amide bonds. The first kappa shape index (κ1) is 30.6. The highest BCUT2D eigenvalue weighted by Gasteiger charge is 2.41. The molecule has 0 spiro atoms. The second kappa shape index (κ2) is 14.0. The van der Waals surface area contributed by atoms with E-state index in [2.05, 4.69) is 45.7 Å². The molecule has 0 unspecified atom stereocenters. The number of alkyl carbamates (subject to hydrolysis) is 1. The fourth-order valence-electron chi connectivity index (χ4n) is 6.28. The molecule has 2 aromatic carbocycles. The van der Waals surface area contributed by atoms with Gasteiger partial charge in [0.2, 0.25) is 0 Å². The van der Waals surface area contributed by atoms with E-state index in [1.165, 1.54) is 16.5 Å². The summed E-state index contributed by atoms with van der Waals surface area (Å²) in [5.74, 6) is 0.425. The highest BCUT2D eigenvalue weighted by Crippen LogP contribution is 2.37. The van der Waals surface area contributed by atoms with Crippen molar-refractivity contribution in [1.82, 2.24) is 15.2 Å². The van der Waals surface area contributed by atoms with E-state index in [-0.39, 0.29) is 30.6 Å². The minimum Gasteiger partial charge on any atom is -0.460 e. The number of carbonyl (C=O) groups excluding carboxylic acids is 2. The Labute approximate surface area is 245 Å². The van der Waals surface area contributed by atoms with Crippen LogP contribution in [0.3, 0.4) is 0 Å². The van der Waals surface area contributed by atoms with Gasteiger partial charge in [-0.1, -0.05) is 62.4 Å². The molecule has 2 aliphatic rings. The Bertz CT molecular complexity index is 1260. The number of para-hydroxylation sites is 1. The van der Waals surface area contributed by atoms with Crippen molar-refractivity contribution < 1.29 is 19.1 Å². The maximum atomic E-state index is 13.6. The molecule has 2 fully saturated rings. The Morgan fingerprint density at radius 1 is 0.976 bits per heavy atom. The summed E-state index contributed by atoms with van der Waals surface area (Å²) in [4.78, 5) is 31.8. The fraction of sp³-hybridized carbons (Fsp3) is 0.529. The number of esters is 1. The first-order chi connectivity index (χ1) is 19.8. The third kappa shape index (κ3) is 8.13. The first-order valence-corrected chi connectivity index (χ1v) is 15.3. The van der Waals surface area contributed by atoms with Crippen LogP contribution in [0.25, 0.3) is 10.9 Å². The molecule has 1 aromatic heterocycles. The van der Waals surface area contributed by atoms with Crippen LogP contribution in [-0.4, -0.2) is 52.7 Å². The summed E-state index contributed by atoms with van der Waals surface area (Å²) in [6, 6.07) is 18.0. The summed E-state index contributed by atoms with van der Waals surface area (Å²) in [6.07, 6.45) is 6.20. The molecule has 7 heteroatoms. The van der Waals surface area contributed by atoms with Crippen molar-refractivity contribution in [3.8, 4) is 0 Å². The average molecular weight is 562 g/mol. The van der Waals surface area contributed by atoms with Gasteiger partial charge in [-0.05, 0) is 95.0 Å². The molecule has 5 rings (SSSR count). The number of piperidine rings is 1. The summed E-state index contributed by atoms with van der Waals surface area (Å²) in [6.45, 7) is 11.5. The Morgan fingerprint density at radius 2 is 1.66 bits per heavy atom. The fourth-order valence-corrected chi connectivity index (χ4v) is 6.28. The van der Waals surface area contributed by atoms with Gasteiger partial charge in [0, 0.05) is 23.1 Å². The second-order valence-electron chi connectivity index (χ2n) is 12.1. The van der Waals surface area contributed by atoms with Crippen LogP contribution in [0.1, 0.15) is 83.8 Å². The van der Waals surface area contributed by atoms with Crippen LogP contribution in [0.15, 0.2) is 60.8 Å². The lowest BCUT2D eigenvalue weighted by molar-refractivity contribution is -0.154. The molecule has 3 atom stereocenters. The van der Waals surface area contributed by atoms with Gasteiger partial charge in [0.1, 0.15) is 18.2 Å². The first-order valence-electron chi connectivity index (χ1n) is 15.3. The van der Waals surface area contributed by atoms with Crippen LogP contribution in [0, 0.1) is 5.92 Å². The smallest absolute Gasteiger partial charge is 0.407 e. The van der Waals surface area contributed by atoms with Gasteiger partial charge >= 0.3 is 12.1 Å². The maximum absolute atomic E-state index is 13.6. The van der Waals surface area contributed by atoms with Crippen molar-refractivity contribution in [3.63, 3.8) is 0 Å². The molecule has 2 heterocycles. The van der Waals surface area contributed by atoms with Crippen molar-refractivity contribution >= 4 is 23.0 Å². The summed E-state index contributed by atoms with van der Waals surface area (Å²) in [5.41, 5.74) is 2.99. The summed E-state index contributed by atoms with van der Waals surface area (Å²) >= 11 is 0. The Hall–Kier alpha value is -3.32. The molecular formula is C34H47N3O4. The number of likely N-dealkylation sites (tertiary alicyclic amines) is 1. The molecule has 1 aliphatic carbocycles. The molecular weight excluding hydrogens is 514 g/mol. The number of amides is 1. The zero-order valence-electron chi connectivity index (χ0n) is 25.3. The minimum absolute atomic E-state index is 0.00182. The average Bonchev–Trinajstić information content (AvgIpc) is 3.60. The SMILES string of the molecule is CC.CC(C)(C)OC(=O)N[C@H]1CC[C@@H]([C@H](C(=O)OCc2ccccc2)N2CCC(c3c[nH]c4ccccc34)CC2)C1. The van der Waals surface area contributed by atoms with Crippen LogP contribution in [0.4, 0.5) is 4.79 Å². The van der Waals surface area contributed by atoms with E-state index in [0.717, 1.165) is 50.8 Å². The number of aromatic nitrogens is 1. The van der Waals surface area contributed by atoms with Crippen molar-refractivity contribution in [2.45, 2.75) is 96.9 Å². The van der Waals surface area contributed by atoms with E-state index in [1.807, 2.05) is 65.0 Å². The normalized spacial score (nSPS) is 20.6. The number of fused-ring (bicyclic) bond motifs is 1. The van der Waals surface area contributed by atoms with Gasteiger partial charge in [-0.2, -0.15) is 0 Å². The van der Waals surface area contributed by atoms with Crippen molar-refractivity contribution in [2.75, 3.05) is 13.1 Å². The van der Waals surface area contributed by atoms with Gasteiger partial charge < -0.3 is 19.8 Å². The van der Waals surface area contributed by atoms with E-state index in [4.69, 9.17) is 9.47 Å². The number of H-pyrrole nitrogens is 1. The minimum atomic E-state index is -0.541. The molecule has 3 aromatic rings. The lowest BCUT2D eigenvalue weighted by Gasteiger charge is -2.39. The predicted molar refractivity (Wildman–Crippen MR) is 164 cm³/mol. The lowest BCUT2D eigenvalue weighted by Crippen LogP contribution is -2.50. The third-order valence-electron chi connectivity index (χ3n) is 8.09. The van der Waals surface area contributed by atoms with E-state index in [0.29, 0.717) is 5.92 Å². The number of nitrogens with one attached hydrogen (secondary N) is 2. The Morgan fingerprint density at radius 3 is 2.37 bits per heavy atom. The lowest BCUT2D eigenvalue weighted by atomic mass is 9.87. The molecule has 1 saturated carbocycles. The Balaban J connectivity index is 0.00000189. The van der Waals surface area contributed by atoms with Crippen LogP contribution in [-0.2, 0) is 20.9 Å². The predicted octanol–water partition coefficient (Wildman–Crippen LogP) is 7.18. The number of rotatable bonds is 7. The largest absolute Gasteiger partial charge is 0.460 e. The summed E-state index contributed by atoms with van der Waals surface area (Å²) in [7, 11) is 0. The number of ether oxygens (including phenoxy) is 2. The molecule has 1 aliphatic heterocycles. The van der Waals surface area contributed by atoms with E-state index >= 15 is 0 Å². The highest BCUT2D eigenvalue weighted by molar-refractivity contribution is 5.83. The van der Waals surface area contributed by atoms with Crippen LogP contribution in [0.2, 0.25) is 0 Å². The van der Waals surface area contributed by atoms with E-state index in [1.54, 1.807) is 0 Å². The van der Waals surface area contributed by atoms with Gasteiger partial charge in [-0.3, -0.25) is 9.69 Å². The number of benzene rings is 2. The summed E-state index contributed by atoms with van der Waals surface area (Å²) in [5, 5.41) is 4.32. The van der Waals surface area contributed by atoms with Crippen LogP contribution < -0.4 is 5.32 Å². The van der Waals surface area contributed by atoms with E-state index < -0.39 is 11.7 Å². The highest BCUT2D eigenvalue weighted by atomic mass is 16.6. The monoisotopic (exact) mass is 561 g/mol. The molecule has 222 valence electrons. The molecule has 0 bridgehead atoms. The van der Waals surface area contributed by atoms with Crippen LogP contribution >= 0.6 is 0 Å². The Kier molecular flexibility index (Phi) is 10.5. The maximum Gasteiger partial charge on any atom is 0.407 e. The van der Waals surface area contributed by atoms with Gasteiger partial charge in [0.15, 0.2) is 0 Å². The van der Waals surface area contributed by atoms with Crippen molar-refractivity contribution in [3.05, 3.63) is 71.9 Å². The van der Waals surface area contributed by atoms with Crippen LogP contribution in [0.5, 0.6) is 0 Å². The molecule has 7 nitrogen and oxygen atoms in total.